The Morgan fingerprint density at radius 3 is 2.39 bits per heavy atom. The van der Waals surface area contributed by atoms with E-state index in [2.05, 4.69) is 5.32 Å². The summed E-state index contributed by atoms with van der Waals surface area (Å²) < 4.78 is 0. The molecule has 4 heteroatoms. The summed E-state index contributed by atoms with van der Waals surface area (Å²) in [6.07, 6.45) is 0.361. The van der Waals surface area contributed by atoms with Gasteiger partial charge in [-0.1, -0.05) is 32.0 Å². The van der Waals surface area contributed by atoms with Crippen molar-refractivity contribution in [3.63, 3.8) is 0 Å². The number of amides is 1. The molecular weight excluding hydrogens is 230 g/mol. The third kappa shape index (κ3) is 3.87. The number of hydrogen-bond acceptors (Lipinski definition) is 3. The van der Waals surface area contributed by atoms with Crippen LogP contribution in [0.5, 0.6) is 0 Å². The molecule has 0 fully saturated rings. The molecule has 0 spiro atoms. The molecule has 1 atom stereocenters. The predicted octanol–water partition coefficient (Wildman–Crippen LogP) is 0.889. The van der Waals surface area contributed by atoms with Gasteiger partial charge >= 0.3 is 0 Å². The highest BCUT2D eigenvalue weighted by molar-refractivity contribution is 5.97. The quantitative estimate of drug-likeness (QED) is 0.841. The summed E-state index contributed by atoms with van der Waals surface area (Å²) in [6, 6.07) is 6.11. The number of rotatable bonds is 5. The molecule has 0 aliphatic rings. The molecule has 1 amide bonds. The van der Waals surface area contributed by atoms with Gasteiger partial charge in [-0.25, -0.2) is 0 Å². The fraction of sp³-hybridized carbons (Fsp3) is 0.429. The number of benzene rings is 1. The molecule has 4 nitrogen and oxygen atoms in total. The van der Waals surface area contributed by atoms with Crippen LogP contribution in [-0.4, -0.2) is 17.9 Å². The summed E-state index contributed by atoms with van der Waals surface area (Å²) in [6.45, 7) is 5.61. The van der Waals surface area contributed by atoms with E-state index in [1.165, 1.54) is 0 Å². The summed E-state index contributed by atoms with van der Waals surface area (Å²) in [7, 11) is 0. The number of nitrogens with one attached hydrogen (secondary N) is 1. The number of hydrogen-bond donors (Lipinski definition) is 1. The van der Waals surface area contributed by atoms with Gasteiger partial charge in [-0.05, 0) is 30.9 Å². The molecule has 1 rings (SSSR count). The second-order valence-corrected chi connectivity index (χ2v) is 4.79. The number of carboxylic acids is 1. The minimum Gasteiger partial charge on any atom is -0.548 e. The average molecular weight is 248 g/mol. The maximum Gasteiger partial charge on any atom is 0.252 e. The highest BCUT2D eigenvalue weighted by Crippen LogP contribution is 2.09. The van der Waals surface area contributed by atoms with E-state index in [4.69, 9.17) is 0 Å². The van der Waals surface area contributed by atoms with Crippen LogP contribution >= 0.6 is 0 Å². The van der Waals surface area contributed by atoms with Gasteiger partial charge in [0.25, 0.3) is 5.91 Å². The fourth-order valence-electron chi connectivity index (χ4n) is 1.75. The lowest BCUT2D eigenvalue weighted by Crippen LogP contribution is -2.48. The van der Waals surface area contributed by atoms with E-state index >= 15 is 0 Å². The van der Waals surface area contributed by atoms with Gasteiger partial charge in [-0.2, -0.15) is 0 Å². The molecule has 0 bridgehead atoms. The van der Waals surface area contributed by atoms with Gasteiger partial charge in [0.2, 0.25) is 0 Å². The zero-order valence-electron chi connectivity index (χ0n) is 10.9. The van der Waals surface area contributed by atoms with Crippen LogP contribution in [0.25, 0.3) is 0 Å². The van der Waals surface area contributed by atoms with Crippen LogP contribution < -0.4 is 10.4 Å². The Labute approximate surface area is 107 Å². The molecule has 1 aromatic carbocycles. The van der Waals surface area contributed by atoms with Gasteiger partial charge in [0.05, 0.1) is 12.0 Å². The topological polar surface area (TPSA) is 69.2 Å². The lowest BCUT2D eigenvalue weighted by atomic mass is 10.0. The minimum atomic E-state index is -1.24. The molecule has 98 valence electrons. The molecular formula is C14H18NO3-. The van der Waals surface area contributed by atoms with E-state index in [1.807, 2.05) is 32.9 Å². The van der Waals surface area contributed by atoms with Crippen LogP contribution in [0.2, 0.25) is 0 Å². The Hall–Kier alpha value is -1.84. The molecule has 0 heterocycles. The summed E-state index contributed by atoms with van der Waals surface area (Å²) in [5.41, 5.74) is 1.31. The number of aryl methyl sites for hydroxylation is 1. The molecule has 18 heavy (non-hydrogen) atoms. The van der Waals surface area contributed by atoms with Gasteiger partial charge in [-0.3, -0.25) is 4.79 Å². The normalized spacial score (nSPS) is 12.2. The summed E-state index contributed by atoms with van der Waals surface area (Å²) in [5, 5.41) is 13.5. The molecule has 1 N–H and O–H groups in total. The molecule has 0 unspecified atom stereocenters. The smallest absolute Gasteiger partial charge is 0.252 e. The second-order valence-electron chi connectivity index (χ2n) is 4.79. The fourth-order valence-corrected chi connectivity index (χ4v) is 1.75. The first kappa shape index (κ1) is 14.2. The van der Waals surface area contributed by atoms with E-state index in [-0.39, 0.29) is 11.8 Å². The van der Waals surface area contributed by atoms with Crippen molar-refractivity contribution in [3.8, 4) is 0 Å². The maximum absolute atomic E-state index is 12.0. The van der Waals surface area contributed by atoms with Gasteiger partial charge < -0.3 is 15.2 Å². The van der Waals surface area contributed by atoms with E-state index in [0.717, 1.165) is 5.56 Å². The minimum absolute atomic E-state index is 0.171. The monoisotopic (exact) mass is 248 g/mol. The summed E-state index contributed by atoms with van der Waals surface area (Å²) in [4.78, 5) is 22.9. The Bertz CT molecular complexity index is 440. The number of carboxylic acid groups (broad SMARTS) is 1. The largest absolute Gasteiger partial charge is 0.548 e. The molecule has 1 aromatic rings. The lowest BCUT2D eigenvalue weighted by molar-refractivity contribution is -0.308. The third-order valence-corrected chi connectivity index (χ3v) is 2.69. The highest BCUT2D eigenvalue weighted by Gasteiger charge is 2.17. The number of aliphatic carboxylic acids is 1. The van der Waals surface area contributed by atoms with Gasteiger partial charge in [0, 0.05) is 5.56 Å². The maximum atomic E-state index is 12.0. The van der Waals surface area contributed by atoms with Gasteiger partial charge in [0.1, 0.15) is 0 Å². The van der Waals surface area contributed by atoms with Crippen molar-refractivity contribution in [2.45, 2.75) is 33.2 Å². The van der Waals surface area contributed by atoms with Gasteiger partial charge in [0.15, 0.2) is 0 Å². The molecule has 0 radical (unpaired) electrons. The average Bonchev–Trinajstić information content (AvgIpc) is 2.27. The van der Waals surface area contributed by atoms with Crippen molar-refractivity contribution in [2.75, 3.05) is 0 Å². The first-order chi connectivity index (χ1) is 8.41. The second kappa shape index (κ2) is 6.19. The van der Waals surface area contributed by atoms with Crippen molar-refractivity contribution >= 4 is 11.9 Å². The predicted molar refractivity (Wildman–Crippen MR) is 66.9 cm³/mol. The van der Waals surface area contributed by atoms with E-state index in [9.17, 15) is 14.7 Å². The van der Waals surface area contributed by atoms with E-state index in [0.29, 0.717) is 12.0 Å². The third-order valence-electron chi connectivity index (χ3n) is 2.69. The Morgan fingerprint density at radius 1 is 1.28 bits per heavy atom. The van der Waals surface area contributed by atoms with Crippen molar-refractivity contribution in [1.82, 2.24) is 5.32 Å². The summed E-state index contributed by atoms with van der Waals surface area (Å²) >= 11 is 0. The van der Waals surface area contributed by atoms with Crippen molar-refractivity contribution in [1.29, 1.82) is 0 Å². The molecule has 0 aliphatic carbocycles. The molecule has 0 saturated heterocycles. The number of carbonyl (C=O) groups is 2. The standard InChI is InChI=1S/C14H19NO3/c1-9(2)8-12(14(17)18)15-13(16)11-7-5-4-6-10(11)3/h4-7,9,12H,8H2,1-3H3,(H,15,16)(H,17,18)/p-1/t12-/m1/s1. The molecule has 0 aromatic heterocycles. The Morgan fingerprint density at radius 2 is 1.89 bits per heavy atom. The van der Waals surface area contributed by atoms with Crippen LogP contribution in [-0.2, 0) is 4.79 Å². The zero-order valence-corrected chi connectivity index (χ0v) is 10.9. The van der Waals surface area contributed by atoms with Gasteiger partial charge in [-0.15, -0.1) is 0 Å². The highest BCUT2D eigenvalue weighted by atomic mass is 16.4. The van der Waals surface area contributed by atoms with Crippen LogP contribution in [0.3, 0.4) is 0 Å². The first-order valence-electron chi connectivity index (χ1n) is 5.99. The Balaban J connectivity index is 2.79. The summed E-state index contributed by atoms with van der Waals surface area (Å²) in [5.74, 6) is -1.45. The van der Waals surface area contributed by atoms with Crippen LogP contribution in [0.4, 0.5) is 0 Å². The van der Waals surface area contributed by atoms with Crippen molar-refractivity contribution in [2.24, 2.45) is 5.92 Å². The van der Waals surface area contributed by atoms with E-state index in [1.54, 1.807) is 12.1 Å². The zero-order chi connectivity index (χ0) is 13.7. The van der Waals surface area contributed by atoms with Crippen LogP contribution in [0.1, 0.15) is 36.2 Å². The Kier molecular flexibility index (Phi) is 4.89. The first-order valence-corrected chi connectivity index (χ1v) is 5.99. The van der Waals surface area contributed by atoms with Crippen LogP contribution in [0.15, 0.2) is 24.3 Å². The van der Waals surface area contributed by atoms with Crippen molar-refractivity contribution < 1.29 is 14.7 Å². The SMILES string of the molecule is Cc1ccccc1C(=O)N[C@H](CC(C)C)C(=O)[O-]. The molecule has 0 saturated carbocycles. The van der Waals surface area contributed by atoms with E-state index < -0.39 is 12.0 Å². The van der Waals surface area contributed by atoms with Crippen molar-refractivity contribution in [3.05, 3.63) is 35.4 Å². The number of carbonyl (C=O) groups excluding carboxylic acids is 2. The lowest BCUT2D eigenvalue weighted by Gasteiger charge is -2.21. The van der Waals surface area contributed by atoms with Crippen LogP contribution in [0, 0.1) is 12.8 Å². The molecule has 0 aliphatic heterocycles.